The number of carbonyl (C=O) groups is 1. The summed E-state index contributed by atoms with van der Waals surface area (Å²) in [7, 11) is 0. The van der Waals surface area contributed by atoms with E-state index in [0.717, 1.165) is 23.2 Å². The summed E-state index contributed by atoms with van der Waals surface area (Å²) in [4.78, 5) is 13.6. The van der Waals surface area contributed by atoms with Crippen molar-refractivity contribution in [2.24, 2.45) is 0 Å². The molecule has 0 saturated heterocycles. The van der Waals surface area contributed by atoms with Gasteiger partial charge in [-0.25, -0.2) is 0 Å². The van der Waals surface area contributed by atoms with Gasteiger partial charge >= 0.3 is 6.18 Å². The molecule has 0 N–H and O–H groups in total. The topological polar surface area (TPSA) is 20.3 Å². The molecule has 0 unspecified atom stereocenters. The van der Waals surface area contributed by atoms with Gasteiger partial charge in [-0.2, -0.15) is 13.2 Å². The summed E-state index contributed by atoms with van der Waals surface area (Å²) in [5.74, 6) is -1.82. The Kier molecular flexibility index (Phi) is 4.18. The molecule has 1 aliphatic rings. The molecule has 1 heterocycles. The third kappa shape index (κ3) is 3.20. The minimum absolute atomic E-state index is 0.264. The quantitative estimate of drug-likeness (QED) is 0.770. The first kappa shape index (κ1) is 16.3. The zero-order valence-corrected chi connectivity index (χ0v) is 13.1. The molecule has 2 nitrogen and oxygen atoms in total. The van der Waals surface area contributed by atoms with Gasteiger partial charge in [-0.1, -0.05) is 48.0 Å². The number of rotatable bonds is 3. The van der Waals surface area contributed by atoms with E-state index in [-0.39, 0.29) is 11.1 Å². The Labute approximate surface area is 138 Å². The average Bonchev–Trinajstić information content (AvgIpc) is 2.94. The predicted octanol–water partition coefficient (Wildman–Crippen LogP) is 4.53. The first-order chi connectivity index (χ1) is 11.4. The van der Waals surface area contributed by atoms with Crippen LogP contribution in [0.15, 0.2) is 54.7 Å². The second-order valence-electron chi connectivity index (χ2n) is 5.81. The molecule has 0 atom stereocenters. The number of Topliss-reactive ketones (excluding diaryl/α,β-unsaturated/α-hetero) is 1. The SMILES string of the molecule is Cc1ccc2c(c1)CCN2/C=C(\C(=O)C(F)(F)F)c1ccccc1. The summed E-state index contributed by atoms with van der Waals surface area (Å²) in [6.07, 6.45) is -2.83. The Morgan fingerprint density at radius 2 is 1.83 bits per heavy atom. The van der Waals surface area contributed by atoms with Crippen molar-refractivity contribution in [2.75, 3.05) is 11.4 Å². The summed E-state index contributed by atoms with van der Waals surface area (Å²) in [6, 6.07) is 13.8. The van der Waals surface area contributed by atoms with Gasteiger partial charge in [0, 0.05) is 18.4 Å². The van der Waals surface area contributed by atoms with E-state index < -0.39 is 12.0 Å². The summed E-state index contributed by atoms with van der Waals surface area (Å²) >= 11 is 0. The lowest BCUT2D eigenvalue weighted by Crippen LogP contribution is -2.26. The Hall–Kier alpha value is -2.56. The van der Waals surface area contributed by atoms with Crippen LogP contribution in [0.1, 0.15) is 16.7 Å². The molecule has 1 aliphatic heterocycles. The van der Waals surface area contributed by atoms with Crippen molar-refractivity contribution in [3.8, 4) is 0 Å². The molecule has 5 heteroatoms. The number of anilines is 1. The Bertz CT molecular complexity index is 794. The number of fused-ring (bicyclic) bond motifs is 1. The van der Waals surface area contributed by atoms with Gasteiger partial charge in [-0.15, -0.1) is 0 Å². The van der Waals surface area contributed by atoms with Crippen LogP contribution >= 0.6 is 0 Å². The van der Waals surface area contributed by atoms with Crippen LogP contribution < -0.4 is 4.90 Å². The molecule has 0 fully saturated rings. The lowest BCUT2D eigenvalue weighted by Gasteiger charge is -2.18. The Morgan fingerprint density at radius 1 is 1.12 bits per heavy atom. The van der Waals surface area contributed by atoms with Gasteiger partial charge in [0.1, 0.15) is 0 Å². The molecular formula is C19H16F3NO. The number of hydrogen-bond donors (Lipinski definition) is 0. The van der Waals surface area contributed by atoms with Crippen molar-refractivity contribution in [1.29, 1.82) is 0 Å². The van der Waals surface area contributed by atoms with Crippen molar-refractivity contribution in [3.63, 3.8) is 0 Å². The van der Waals surface area contributed by atoms with E-state index in [1.807, 2.05) is 25.1 Å². The van der Waals surface area contributed by atoms with Gasteiger partial charge in [0.25, 0.3) is 5.78 Å². The smallest absolute Gasteiger partial charge is 0.347 e. The summed E-state index contributed by atoms with van der Waals surface area (Å²) in [5, 5.41) is 0. The van der Waals surface area contributed by atoms with Crippen LogP contribution in [0.3, 0.4) is 0 Å². The number of carbonyl (C=O) groups excluding carboxylic acids is 1. The number of alkyl halides is 3. The number of ketones is 1. The largest absolute Gasteiger partial charge is 0.454 e. The maximum Gasteiger partial charge on any atom is 0.454 e. The molecule has 124 valence electrons. The van der Waals surface area contributed by atoms with Crippen molar-refractivity contribution in [1.82, 2.24) is 0 Å². The van der Waals surface area contributed by atoms with Crippen LogP contribution in [0.5, 0.6) is 0 Å². The highest BCUT2D eigenvalue weighted by molar-refractivity contribution is 6.23. The van der Waals surface area contributed by atoms with E-state index in [4.69, 9.17) is 0 Å². The van der Waals surface area contributed by atoms with Crippen LogP contribution in [0.2, 0.25) is 0 Å². The third-order valence-corrected chi connectivity index (χ3v) is 4.04. The van der Waals surface area contributed by atoms with Crippen molar-refractivity contribution in [2.45, 2.75) is 19.5 Å². The molecule has 0 amide bonds. The number of halogens is 3. The first-order valence-electron chi connectivity index (χ1n) is 7.61. The molecule has 2 aromatic rings. The van der Waals surface area contributed by atoms with E-state index in [1.165, 1.54) is 18.3 Å². The van der Waals surface area contributed by atoms with Gasteiger partial charge in [-0.3, -0.25) is 4.79 Å². The molecule has 0 bridgehead atoms. The van der Waals surface area contributed by atoms with E-state index >= 15 is 0 Å². The molecule has 0 aromatic heterocycles. The molecule has 24 heavy (non-hydrogen) atoms. The fourth-order valence-corrected chi connectivity index (χ4v) is 2.88. The van der Waals surface area contributed by atoms with Crippen molar-refractivity contribution in [3.05, 3.63) is 71.4 Å². The van der Waals surface area contributed by atoms with Crippen molar-refractivity contribution >= 4 is 17.0 Å². The lowest BCUT2D eigenvalue weighted by atomic mass is 10.0. The van der Waals surface area contributed by atoms with Gasteiger partial charge in [0.2, 0.25) is 0 Å². The van der Waals surface area contributed by atoms with Crippen LogP contribution in [-0.4, -0.2) is 18.5 Å². The van der Waals surface area contributed by atoms with Crippen molar-refractivity contribution < 1.29 is 18.0 Å². The van der Waals surface area contributed by atoms with E-state index in [9.17, 15) is 18.0 Å². The van der Waals surface area contributed by atoms with E-state index in [2.05, 4.69) is 0 Å². The van der Waals surface area contributed by atoms with Gasteiger partial charge in [0.15, 0.2) is 0 Å². The first-order valence-corrected chi connectivity index (χ1v) is 7.61. The molecule has 2 aromatic carbocycles. The maximum atomic E-state index is 13.0. The van der Waals surface area contributed by atoms with Crippen LogP contribution in [0.25, 0.3) is 5.57 Å². The molecule has 0 spiro atoms. The number of aryl methyl sites for hydroxylation is 1. The van der Waals surface area contributed by atoms with E-state index in [1.54, 1.807) is 23.1 Å². The van der Waals surface area contributed by atoms with Gasteiger partial charge < -0.3 is 4.90 Å². The second kappa shape index (κ2) is 6.15. The molecule has 0 aliphatic carbocycles. The van der Waals surface area contributed by atoms with Crippen LogP contribution in [-0.2, 0) is 11.2 Å². The highest BCUT2D eigenvalue weighted by Gasteiger charge is 2.41. The zero-order chi connectivity index (χ0) is 17.3. The standard InChI is InChI=1S/C19H16F3NO/c1-13-7-8-17-15(11-13)9-10-23(17)12-16(18(24)19(20,21)22)14-5-3-2-4-6-14/h2-8,11-12H,9-10H2,1H3/b16-12-. The fraction of sp³-hybridized carbons (Fsp3) is 0.211. The number of benzene rings is 2. The molecule has 0 saturated carbocycles. The Balaban J connectivity index is 2.05. The Morgan fingerprint density at radius 3 is 2.50 bits per heavy atom. The molecule has 3 rings (SSSR count). The summed E-state index contributed by atoms with van der Waals surface area (Å²) in [6.45, 7) is 2.53. The normalized spacial score (nSPS) is 14.7. The fourth-order valence-electron chi connectivity index (χ4n) is 2.88. The lowest BCUT2D eigenvalue weighted by molar-refractivity contribution is -0.164. The molecule has 0 radical (unpaired) electrons. The average molecular weight is 331 g/mol. The third-order valence-electron chi connectivity index (χ3n) is 4.04. The highest BCUT2D eigenvalue weighted by atomic mass is 19.4. The number of nitrogens with zero attached hydrogens (tertiary/aromatic N) is 1. The minimum Gasteiger partial charge on any atom is -0.347 e. The van der Waals surface area contributed by atoms with Crippen LogP contribution in [0.4, 0.5) is 18.9 Å². The van der Waals surface area contributed by atoms with Gasteiger partial charge in [-0.05, 0) is 30.5 Å². The van der Waals surface area contributed by atoms with E-state index in [0.29, 0.717) is 6.54 Å². The highest BCUT2D eigenvalue weighted by Crippen LogP contribution is 2.33. The van der Waals surface area contributed by atoms with Gasteiger partial charge in [0.05, 0.1) is 5.57 Å². The predicted molar refractivity (Wildman–Crippen MR) is 87.7 cm³/mol. The summed E-state index contributed by atoms with van der Waals surface area (Å²) in [5.41, 5.74) is 2.97. The maximum absolute atomic E-state index is 13.0. The number of allylic oxidation sites excluding steroid dienone is 1. The monoisotopic (exact) mass is 331 g/mol. The number of hydrogen-bond acceptors (Lipinski definition) is 2. The summed E-state index contributed by atoms with van der Waals surface area (Å²) < 4.78 is 39.0. The second-order valence-corrected chi connectivity index (χ2v) is 5.81. The zero-order valence-electron chi connectivity index (χ0n) is 13.1. The minimum atomic E-state index is -4.91. The van der Waals surface area contributed by atoms with Crippen LogP contribution in [0, 0.1) is 6.92 Å². The molecular weight excluding hydrogens is 315 g/mol.